The van der Waals surface area contributed by atoms with Crippen molar-refractivity contribution in [3.05, 3.63) is 0 Å². The highest BCUT2D eigenvalue weighted by atomic mass is 127. The summed E-state index contributed by atoms with van der Waals surface area (Å²) < 4.78 is 0. The number of rotatable bonds is 5. The molecule has 8 nitrogen and oxygen atoms in total. The summed E-state index contributed by atoms with van der Waals surface area (Å²) in [6.45, 7) is 16.9. The standard InChI is InChI=1S/C18H35N7O.HI/c1-4-20-17(21-13-15-14-22-5-7-23(15)8-6-22)24-9-11-25(12-10-24)18(2,3)16(19)26;/h15H,4-14H2,1-3H3,(H2,19,26)(H,20,21);1H. The summed E-state index contributed by atoms with van der Waals surface area (Å²) in [6, 6.07) is 0.543. The van der Waals surface area contributed by atoms with Crippen molar-refractivity contribution in [2.45, 2.75) is 32.4 Å². The number of piperazine rings is 4. The maximum atomic E-state index is 11.7. The minimum Gasteiger partial charge on any atom is -0.368 e. The molecule has 4 saturated heterocycles. The average Bonchev–Trinajstić information content (AvgIpc) is 2.66. The number of hydrogen-bond donors (Lipinski definition) is 2. The lowest BCUT2D eigenvalue weighted by Crippen LogP contribution is -2.62. The summed E-state index contributed by atoms with van der Waals surface area (Å²) in [5.74, 6) is 0.740. The number of nitrogens with two attached hydrogens (primary N) is 1. The lowest BCUT2D eigenvalue weighted by molar-refractivity contribution is -0.129. The maximum Gasteiger partial charge on any atom is 0.237 e. The van der Waals surface area contributed by atoms with E-state index >= 15 is 0 Å². The van der Waals surface area contributed by atoms with Crippen molar-refractivity contribution < 1.29 is 4.79 Å². The van der Waals surface area contributed by atoms with Crippen molar-refractivity contribution in [3.8, 4) is 0 Å². The van der Waals surface area contributed by atoms with Gasteiger partial charge in [0.2, 0.25) is 5.91 Å². The zero-order valence-electron chi connectivity index (χ0n) is 17.0. The van der Waals surface area contributed by atoms with E-state index in [4.69, 9.17) is 10.7 Å². The second-order valence-electron chi connectivity index (χ2n) is 8.08. The first-order valence-electron chi connectivity index (χ1n) is 9.96. The van der Waals surface area contributed by atoms with Gasteiger partial charge < -0.3 is 16.0 Å². The highest BCUT2D eigenvalue weighted by Crippen LogP contribution is 2.18. The fraction of sp³-hybridized carbons (Fsp3) is 0.889. The Labute approximate surface area is 180 Å². The maximum absolute atomic E-state index is 11.7. The van der Waals surface area contributed by atoms with Crippen molar-refractivity contribution >= 4 is 35.8 Å². The molecule has 27 heavy (non-hydrogen) atoms. The Hall–Kier alpha value is -0.650. The van der Waals surface area contributed by atoms with E-state index in [0.29, 0.717) is 6.04 Å². The number of nitrogens with zero attached hydrogens (tertiary/aromatic N) is 5. The number of hydrogen-bond acceptors (Lipinski definition) is 5. The zero-order valence-corrected chi connectivity index (χ0v) is 19.3. The second kappa shape index (κ2) is 9.71. The molecule has 0 aromatic heterocycles. The van der Waals surface area contributed by atoms with Gasteiger partial charge >= 0.3 is 0 Å². The molecule has 4 heterocycles. The second-order valence-corrected chi connectivity index (χ2v) is 8.08. The van der Waals surface area contributed by atoms with Crippen LogP contribution in [0.1, 0.15) is 20.8 Å². The predicted octanol–water partition coefficient (Wildman–Crippen LogP) is -0.549. The molecule has 1 atom stereocenters. The summed E-state index contributed by atoms with van der Waals surface area (Å²) in [5.41, 5.74) is 4.97. The number of carbonyl (C=O) groups is 1. The van der Waals surface area contributed by atoms with E-state index in [2.05, 4.69) is 31.8 Å². The van der Waals surface area contributed by atoms with Gasteiger partial charge in [0.15, 0.2) is 5.96 Å². The zero-order chi connectivity index (χ0) is 18.7. The molecular weight excluding hydrogens is 457 g/mol. The van der Waals surface area contributed by atoms with Crippen molar-refractivity contribution in [3.63, 3.8) is 0 Å². The van der Waals surface area contributed by atoms with Gasteiger partial charge in [-0.3, -0.25) is 24.5 Å². The van der Waals surface area contributed by atoms with Crippen LogP contribution in [0.3, 0.4) is 0 Å². The van der Waals surface area contributed by atoms with Crippen LogP contribution in [0.4, 0.5) is 0 Å². The molecule has 156 valence electrons. The number of primary amides is 1. The average molecular weight is 493 g/mol. The van der Waals surface area contributed by atoms with E-state index in [-0.39, 0.29) is 29.9 Å². The Balaban J connectivity index is 0.00000261. The van der Waals surface area contributed by atoms with E-state index in [1.807, 2.05) is 13.8 Å². The topological polar surface area (TPSA) is 80.4 Å². The Morgan fingerprint density at radius 2 is 1.74 bits per heavy atom. The van der Waals surface area contributed by atoms with Crippen LogP contribution in [0, 0.1) is 0 Å². The number of guanidine groups is 1. The van der Waals surface area contributed by atoms with Crippen LogP contribution in [0.25, 0.3) is 0 Å². The lowest BCUT2D eigenvalue weighted by Gasteiger charge is -2.47. The molecule has 0 spiro atoms. The summed E-state index contributed by atoms with van der Waals surface area (Å²) in [7, 11) is 0. The van der Waals surface area contributed by atoms with Gasteiger partial charge in [0.25, 0.3) is 0 Å². The highest BCUT2D eigenvalue weighted by molar-refractivity contribution is 14.0. The molecule has 2 bridgehead atoms. The van der Waals surface area contributed by atoms with Gasteiger partial charge in [0.1, 0.15) is 0 Å². The minimum absolute atomic E-state index is 0. The summed E-state index contributed by atoms with van der Waals surface area (Å²) in [5, 5.41) is 3.45. The van der Waals surface area contributed by atoms with Crippen LogP contribution in [0.5, 0.6) is 0 Å². The van der Waals surface area contributed by atoms with E-state index in [1.54, 1.807) is 0 Å². The molecule has 4 aliphatic rings. The molecule has 3 N–H and O–H groups in total. The number of fused-ring (bicyclic) bond motifs is 3. The molecule has 1 amide bonds. The quantitative estimate of drug-likeness (QED) is 0.304. The van der Waals surface area contributed by atoms with Crippen LogP contribution in [-0.4, -0.2) is 115 Å². The van der Waals surface area contributed by atoms with Crippen molar-refractivity contribution in [1.82, 2.24) is 24.9 Å². The van der Waals surface area contributed by atoms with Crippen LogP contribution in [0.15, 0.2) is 4.99 Å². The van der Waals surface area contributed by atoms with Gasteiger partial charge in [0, 0.05) is 71.5 Å². The Morgan fingerprint density at radius 3 is 2.22 bits per heavy atom. The predicted molar refractivity (Wildman–Crippen MR) is 120 cm³/mol. The van der Waals surface area contributed by atoms with Gasteiger partial charge in [-0.25, -0.2) is 0 Å². The molecule has 4 rings (SSSR count). The number of amides is 1. The third-order valence-electron chi connectivity index (χ3n) is 6.15. The largest absolute Gasteiger partial charge is 0.368 e. The lowest BCUT2D eigenvalue weighted by atomic mass is 10.0. The number of halogens is 1. The third-order valence-corrected chi connectivity index (χ3v) is 6.15. The molecule has 0 aromatic rings. The Bertz CT molecular complexity index is 526. The van der Waals surface area contributed by atoms with Crippen molar-refractivity contribution in [2.75, 3.05) is 72.0 Å². The molecule has 4 aliphatic heterocycles. The van der Waals surface area contributed by atoms with Gasteiger partial charge in [-0.2, -0.15) is 0 Å². The van der Waals surface area contributed by atoms with E-state index in [1.165, 1.54) is 26.2 Å². The van der Waals surface area contributed by atoms with Crippen molar-refractivity contribution in [1.29, 1.82) is 0 Å². The van der Waals surface area contributed by atoms with E-state index in [9.17, 15) is 4.79 Å². The van der Waals surface area contributed by atoms with Gasteiger partial charge in [0.05, 0.1) is 12.1 Å². The molecule has 9 heteroatoms. The fourth-order valence-electron chi connectivity index (χ4n) is 4.15. The van der Waals surface area contributed by atoms with Crippen LogP contribution < -0.4 is 11.1 Å². The normalized spacial score (nSPS) is 29.4. The number of aliphatic imine (C=N–C) groups is 1. The first-order chi connectivity index (χ1) is 12.4. The van der Waals surface area contributed by atoms with E-state index in [0.717, 1.165) is 51.8 Å². The molecule has 4 fully saturated rings. The van der Waals surface area contributed by atoms with Crippen LogP contribution in [0.2, 0.25) is 0 Å². The highest BCUT2D eigenvalue weighted by Gasteiger charge is 2.35. The Kier molecular flexibility index (Phi) is 8.14. The van der Waals surface area contributed by atoms with Gasteiger partial charge in [-0.05, 0) is 20.8 Å². The number of carbonyl (C=O) groups excluding carboxylic acids is 1. The molecule has 0 aromatic carbocycles. The van der Waals surface area contributed by atoms with Crippen LogP contribution in [-0.2, 0) is 4.79 Å². The smallest absolute Gasteiger partial charge is 0.237 e. The summed E-state index contributed by atoms with van der Waals surface area (Å²) in [6.07, 6.45) is 0. The monoisotopic (exact) mass is 493 g/mol. The number of nitrogens with one attached hydrogen (secondary N) is 1. The van der Waals surface area contributed by atoms with Crippen molar-refractivity contribution in [2.24, 2.45) is 10.7 Å². The molecule has 1 unspecified atom stereocenters. The fourth-order valence-corrected chi connectivity index (χ4v) is 4.15. The molecule has 0 aliphatic carbocycles. The minimum atomic E-state index is -0.593. The first-order valence-corrected chi connectivity index (χ1v) is 9.96. The third kappa shape index (κ3) is 5.24. The summed E-state index contributed by atoms with van der Waals surface area (Å²) >= 11 is 0. The van der Waals surface area contributed by atoms with Gasteiger partial charge in [-0.1, -0.05) is 0 Å². The Morgan fingerprint density at radius 1 is 1.11 bits per heavy atom. The van der Waals surface area contributed by atoms with Crippen LogP contribution >= 0.6 is 24.0 Å². The first kappa shape index (κ1) is 22.6. The molecular formula is C18H36IN7O. The summed E-state index contributed by atoms with van der Waals surface area (Å²) in [4.78, 5) is 26.3. The SMILES string of the molecule is CCNC(=NCC1CN2CCN1CC2)N1CCN(C(C)(C)C(N)=O)CC1.I. The van der Waals surface area contributed by atoms with E-state index < -0.39 is 5.54 Å². The molecule has 0 saturated carbocycles. The van der Waals surface area contributed by atoms with Gasteiger partial charge in [-0.15, -0.1) is 24.0 Å². The molecule has 0 radical (unpaired) electrons.